The first-order chi connectivity index (χ1) is 12.0. The van der Waals surface area contributed by atoms with E-state index >= 15 is 0 Å². The summed E-state index contributed by atoms with van der Waals surface area (Å²) in [6.45, 7) is 3.18. The van der Waals surface area contributed by atoms with Gasteiger partial charge in [-0.15, -0.1) is 0 Å². The van der Waals surface area contributed by atoms with Crippen molar-refractivity contribution in [2.45, 2.75) is 25.9 Å². The number of hydrogen-bond donors (Lipinski definition) is 0. The van der Waals surface area contributed by atoms with Crippen LogP contribution in [0.1, 0.15) is 25.0 Å². The highest BCUT2D eigenvalue weighted by Crippen LogP contribution is 2.58. The van der Waals surface area contributed by atoms with Gasteiger partial charge in [0.25, 0.3) is 6.43 Å². The molecule has 2 aromatic carbocycles. The molecule has 0 N–H and O–H groups in total. The van der Waals surface area contributed by atoms with Gasteiger partial charge in [-0.25, -0.2) is 13.3 Å². The van der Waals surface area contributed by atoms with E-state index in [1.165, 1.54) is 24.3 Å². The molecule has 0 atom stereocenters. The molecule has 0 aliphatic carbocycles. The molecule has 0 saturated heterocycles. The van der Waals surface area contributed by atoms with E-state index in [4.69, 9.17) is 13.6 Å². The maximum atomic E-state index is 14.4. The van der Waals surface area contributed by atoms with E-state index < -0.39 is 19.8 Å². The van der Waals surface area contributed by atoms with Crippen LogP contribution in [0.15, 0.2) is 60.7 Å². The fourth-order valence-corrected chi connectivity index (χ4v) is 3.97. The highest BCUT2D eigenvalue weighted by Gasteiger charge is 2.51. The SMILES string of the molecule is CCOP(=O)(OCC)OC(c1ccccc1)(c1ccccc1)C(F)F. The molecule has 136 valence electrons. The molecule has 0 aliphatic heterocycles. The van der Waals surface area contributed by atoms with Crippen LogP contribution in [-0.4, -0.2) is 19.6 Å². The summed E-state index contributed by atoms with van der Waals surface area (Å²) >= 11 is 0. The lowest BCUT2D eigenvalue weighted by Crippen LogP contribution is -2.38. The molecule has 0 aromatic heterocycles. The summed E-state index contributed by atoms with van der Waals surface area (Å²) in [5.74, 6) is 0. The minimum atomic E-state index is -4.21. The zero-order chi connectivity index (χ0) is 18.3. The predicted octanol–water partition coefficient (Wildman–Crippen LogP) is 5.39. The van der Waals surface area contributed by atoms with E-state index in [2.05, 4.69) is 0 Å². The number of rotatable bonds is 9. The second-order valence-electron chi connectivity index (χ2n) is 5.14. The van der Waals surface area contributed by atoms with Gasteiger partial charge in [0.15, 0.2) is 5.60 Å². The van der Waals surface area contributed by atoms with Gasteiger partial charge in [0.2, 0.25) is 0 Å². The zero-order valence-corrected chi connectivity index (χ0v) is 15.0. The second-order valence-corrected chi connectivity index (χ2v) is 6.74. The van der Waals surface area contributed by atoms with Crippen LogP contribution in [0.5, 0.6) is 0 Å². The molecular formula is C18H21F2O4P. The third-order valence-corrected chi connectivity index (χ3v) is 5.20. The first-order valence-electron chi connectivity index (χ1n) is 7.97. The molecule has 0 unspecified atom stereocenters. The minimum absolute atomic E-state index is 0.000174. The lowest BCUT2D eigenvalue weighted by atomic mass is 9.87. The molecule has 0 aliphatic rings. The third-order valence-electron chi connectivity index (χ3n) is 3.54. The monoisotopic (exact) mass is 370 g/mol. The Morgan fingerprint density at radius 2 is 1.28 bits per heavy atom. The lowest BCUT2D eigenvalue weighted by molar-refractivity contribution is -0.0747. The number of halogens is 2. The first-order valence-corrected chi connectivity index (χ1v) is 9.43. The number of benzene rings is 2. The van der Waals surface area contributed by atoms with Crippen LogP contribution in [0.4, 0.5) is 8.78 Å². The van der Waals surface area contributed by atoms with Crippen molar-refractivity contribution in [1.29, 1.82) is 0 Å². The fraction of sp³-hybridized carbons (Fsp3) is 0.333. The Morgan fingerprint density at radius 3 is 1.60 bits per heavy atom. The summed E-state index contributed by atoms with van der Waals surface area (Å²) in [5, 5.41) is 0. The molecule has 25 heavy (non-hydrogen) atoms. The van der Waals surface area contributed by atoms with Crippen molar-refractivity contribution in [2.24, 2.45) is 0 Å². The summed E-state index contributed by atoms with van der Waals surface area (Å²) < 4.78 is 57.3. The van der Waals surface area contributed by atoms with Crippen molar-refractivity contribution in [3.63, 3.8) is 0 Å². The van der Waals surface area contributed by atoms with Gasteiger partial charge in [0.1, 0.15) is 0 Å². The number of phosphoric ester groups is 1. The van der Waals surface area contributed by atoms with E-state index in [0.717, 1.165) is 0 Å². The van der Waals surface area contributed by atoms with Crippen LogP contribution in [-0.2, 0) is 23.7 Å². The maximum Gasteiger partial charge on any atom is 0.476 e. The fourth-order valence-electron chi connectivity index (χ4n) is 2.52. The largest absolute Gasteiger partial charge is 0.476 e. The molecule has 0 radical (unpaired) electrons. The molecule has 2 aromatic rings. The number of alkyl halides is 2. The van der Waals surface area contributed by atoms with E-state index in [1.807, 2.05) is 0 Å². The zero-order valence-electron chi connectivity index (χ0n) is 14.1. The summed E-state index contributed by atoms with van der Waals surface area (Å²) in [6, 6.07) is 15.9. The van der Waals surface area contributed by atoms with Crippen molar-refractivity contribution in [3.05, 3.63) is 71.8 Å². The van der Waals surface area contributed by atoms with Crippen molar-refractivity contribution in [2.75, 3.05) is 13.2 Å². The maximum absolute atomic E-state index is 14.4. The Morgan fingerprint density at radius 1 is 0.880 bits per heavy atom. The van der Waals surface area contributed by atoms with Crippen molar-refractivity contribution < 1.29 is 26.9 Å². The summed E-state index contributed by atoms with van der Waals surface area (Å²) in [6.07, 6.45) is -3.01. The van der Waals surface area contributed by atoms with Crippen molar-refractivity contribution in [3.8, 4) is 0 Å². The molecule has 0 fully saturated rings. The molecule has 2 rings (SSSR count). The van der Waals surface area contributed by atoms with Crippen LogP contribution < -0.4 is 0 Å². The normalized spacial score (nSPS) is 12.5. The van der Waals surface area contributed by atoms with Gasteiger partial charge >= 0.3 is 7.82 Å². The van der Waals surface area contributed by atoms with E-state index in [9.17, 15) is 13.3 Å². The Kier molecular flexibility index (Phi) is 6.85. The highest BCUT2D eigenvalue weighted by molar-refractivity contribution is 7.48. The van der Waals surface area contributed by atoms with Gasteiger partial charge in [0, 0.05) is 0 Å². The minimum Gasteiger partial charge on any atom is -0.287 e. The van der Waals surface area contributed by atoms with Crippen LogP contribution in [0.25, 0.3) is 0 Å². The molecule has 0 bridgehead atoms. The van der Waals surface area contributed by atoms with Gasteiger partial charge in [-0.05, 0) is 25.0 Å². The molecule has 0 heterocycles. The van der Waals surface area contributed by atoms with Gasteiger partial charge in [-0.2, -0.15) is 0 Å². The Balaban J connectivity index is 2.65. The molecule has 0 spiro atoms. The standard InChI is InChI=1S/C18H21F2O4P/c1-3-22-25(21,23-4-2)24-18(17(19)20,15-11-7-5-8-12-15)16-13-9-6-10-14-16/h5-14,17H,3-4H2,1-2H3. The van der Waals surface area contributed by atoms with Gasteiger partial charge in [-0.1, -0.05) is 60.7 Å². The summed E-state index contributed by atoms with van der Waals surface area (Å²) in [4.78, 5) is 0. The topological polar surface area (TPSA) is 44.8 Å². The lowest BCUT2D eigenvalue weighted by Gasteiger charge is -2.35. The van der Waals surface area contributed by atoms with E-state index in [0.29, 0.717) is 0 Å². The highest BCUT2D eigenvalue weighted by atomic mass is 31.2. The van der Waals surface area contributed by atoms with Crippen molar-refractivity contribution >= 4 is 7.82 Å². The Hall–Kier alpha value is -1.59. The van der Waals surface area contributed by atoms with Crippen molar-refractivity contribution in [1.82, 2.24) is 0 Å². The smallest absolute Gasteiger partial charge is 0.287 e. The Labute approximate surface area is 146 Å². The second kappa shape index (κ2) is 8.68. The molecule has 0 saturated carbocycles. The average Bonchev–Trinajstić information content (AvgIpc) is 2.61. The third kappa shape index (κ3) is 4.33. The number of phosphoric acid groups is 1. The molecular weight excluding hydrogens is 349 g/mol. The van der Waals surface area contributed by atoms with Crippen LogP contribution in [0, 0.1) is 0 Å². The van der Waals surface area contributed by atoms with Gasteiger partial charge in [-0.3, -0.25) is 13.6 Å². The summed E-state index contributed by atoms with van der Waals surface area (Å²) in [5.41, 5.74) is -1.95. The van der Waals surface area contributed by atoms with Gasteiger partial charge < -0.3 is 0 Å². The number of hydrogen-bond acceptors (Lipinski definition) is 4. The predicted molar refractivity (Wildman–Crippen MR) is 91.6 cm³/mol. The molecule has 4 nitrogen and oxygen atoms in total. The average molecular weight is 370 g/mol. The summed E-state index contributed by atoms with van der Waals surface area (Å²) in [7, 11) is -4.21. The van der Waals surface area contributed by atoms with Crippen LogP contribution >= 0.6 is 7.82 Å². The van der Waals surface area contributed by atoms with E-state index in [1.54, 1.807) is 50.2 Å². The van der Waals surface area contributed by atoms with Gasteiger partial charge in [0.05, 0.1) is 13.2 Å². The molecule has 0 amide bonds. The Bertz CT molecular complexity index is 645. The van der Waals surface area contributed by atoms with Crippen LogP contribution in [0.3, 0.4) is 0 Å². The first kappa shape index (κ1) is 19.7. The van der Waals surface area contributed by atoms with E-state index in [-0.39, 0.29) is 24.3 Å². The molecule has 7 heteroatoms. The quantitative estimate of drug-likeness (QED) is 0.555. The van der Waals surface area contributed by atoms with Crippen LogP contribution in [0.2, 0.25) is 0 Å².